The Bertz CT molecular complexity index is 436. The molecule has 0 saturated heterocycles. The highest BCUT2D eigenvalue weighted by Crippen LogP contribution is 2.50. The smallest absolute Gasteiger partial charge is 0.0286 e. The van der Waals surface area contributed by atoms with Gasteiger partial charge in [-0.3, -0.25) is 0 Å². The molecule has 0 saturated carbocycles. The summed E-state index contributed by atoms with van der Waals surface area (Å²) in [4.78, 5) is 6.07. The molecule has 0 spiro atoms. The summed E-state index contributed by atoms with van der Waals surface area (Å²) in [5.41, 5.74) is 3.30. The molecule has 3 aliphatic rings. The van der Waals surface area contributed by atoms with Gasteiger partial charge in [0.1, 0.15) is 0 Å². The van der Waals surface area contributed by atoms with Crippen LogP contribution in [0.1, 0.15) is 65.2 Å². The second-order valence-corrected chi connectivity index (χ2v) is 8.70. The van der Waals surface area contributed by atoms with E-state index in [0.717, 1.165) is 5.92 Å². The van der Waals surface area contributed by atoms with Crippen molar-refractivity contribution in [3.8, 4) is 0 Å². The zero-order valence-electron chi connectivity index (χ0n) is 12.8. The maximum Gasteiger partial charge on any atom is 0.0286 e. The van der Waals surface area contributed by atoms with Gasteiger partial charge >= 0.3 is 0 Å². The van der Waals surface area contributed by atoms with E-state index in [9.17, 15) is 0 Å². The molecule has 2 aliphatic carbocycles. The van der Waals surface area contributed by atoms with Crippen LogP contribution >= 0.6 is 24.4 Å². The van der Waals surface area contributed by atoms with Crippen LogP contribution in [0.3, 0.4) is 0 Å². The first-order chi connectivity index (χ1) is 9.65. The minimum Gasteiger partial charge on any atom is -0.347 e. The van der Waals surface area contributed by atoms with Crippen molar-refractivity contribution in [2.45, 2.75) is 70.5 Å². The Balaban J connectivity index is 1.86. The van der Waals surface area contributed by atoms with Crippen molar-refractivity contribution >= 4 is 24.4 Å². The summed E-state index contributed by atoms with van der Waals surface area (Å²) in [6.45, 7) is 5.90. The normalized spacial score (nSPS) is 27.0. The van der Waals surface area contributed by atoms with Crippen molar-refractivity contribution in [3.63, 3.8) is 0 Å². The molecule has 1 nitrogen and oxygen atoms in total. The third-order valence-corrected chi connectivity index (χ3v) is 6.49. The standard InChI is InChI=1S/C17H27NS2/c1-12(2)9-10-18-14-5-3-4-6-16(14)20-17-8-7-13(19)11-15(17)18/h12-13,19H,3-11H2,1-2H3. The second-order valence-electron chi connectivity index (χ2n) is 6.78. The van der Waals surface area contributed by atoms with Gasteiger partial charge in [-0.25, -0.2) is 0 Å². The van der Waals surface area contributed by atoms with Crippen molar-refractivity contribution < 1.29 is 0 Å². The third-order valence-electron chi connectivity index (χ3n) is 4.67. The van der Waals surface area contributed by atoms with Gasteiger partial charge in [0.05, 0.1) is 0 Å². The number of rotatable bonds is 3. The van der Waals surface area contributed by atoms with Gasteiger partial charge in [-0.1, -0.05) is 25.6 Å². The zero-order chi connectivity index (χ0) is 14.1. The predicted octanol–water partition coefficient (Wildman–Crippen LogP) is 5.56. The summed E-state index contributed by atoms with van der Waals surface area (Å²) in [6, 6.07) is 0. The van der Waals surface area contributed by atoms with Crippen LogP contribution in [-0.2, 0) is 0 Å². The lowest BCUT2D eigenvalue weighted by Gasteiger charge is -2.42. The monoisotopic (exact) mass is 309 g/mol. The lowest BCUT2D eigenvalue weighted by atomic mass is 9.97. The predicted molar refractivity (Wildman–Crippen MR) is 92.9 cm³/mol. The Morgan fingerprint density at radius 1 is 1.15 bits per heavy atom. The van der Waals surface area contributed by atoms with Crippen molar-refractivity contribution in [1.29, 1.82) is 0 Å². The first-order valence-electron chi connectivity index (χ1n) is 8.22. The molecule has 0 aromatic carbocycles. The average molecular weight is 310 g/mol. The highest BCUT2D eigenvalue weighted by molar-refractivity contribution is 8.06. The van der Waals surface area contributed by atoms with Crippen molar-refractivity contribution in [2.75, 3.05) is 6.54 Å². The first kappa shape index (κ1) is 14.9. The van der Waals surface area contributed by atoms with Crippen LogP contribution in [0.25, 0.3) is 0 Å². The molecule has 1 unspecified atom stereocenters. The molecule has 1 heterocycles. The Hall–Kier alpha value is -0.0200. The number of hydrogen-bond donors (Lipinski definition) is 1. The summed E-state index contributed by atoms with van der Waals surface area (Å²) in [6.07, 6.45) is 10.4. The van der Waals surface area contributed by atoms with Crippen LogP contribution in [0, 0.1) is 5.92 Å². The molecule has 0 N–H and O–H groups in total. The lowest BCUT2D eigenvalue weighted by Crippen LogP contribution is -2.32. The van der Waals surface area contributed by atoms with Crippen molar-refractivity contribution in [1.82, 2.24) is 4.90 Å². The van der Waals surface area contributed by atoms with Crippen molar-refractivity contribution in [2.24, 2.45) is 5.92 Å². The van der Waals surface area contributed by atoms with Gasteiger partial charge in [0.25, 0.3) is 0 Å². The van der Waals surface area contributed by atoms with E-state index in [1.54, 1.807) is 21.2 Å². The molecule has 3 heteroatoms. The van der Waals surface area contributed by atoms with E-state index >= 15 is 0 Å². The van der Waals surface area contributed by atoms with Crippen molar-refractivity contribution in [3.05, 3.63) is 21.2 Å². The van der Waals surface area contributed by atoms with E-state index in [4.69, 9.17) is 12.6 Å². The maximum atomic E-state index is 4.76. The molecule has 0 radical (unpaired) electrons. The maximum absolute atomic E-state index is 4.76. The van der Waals surface area contributed by atoms with Gasteiger partial charge in [-0.05, 0) is 50.9 Å². The first-order valence-corrected chi connectivity index (χ1v) is 9.56. The van der Waals surface area contributed by atoms with Crippen LogP contribution in [-0.4, -0.2) is 16.7 Å². The topological polar surface area (TPSA) is 3.24 Å². The highest BCUT2D eigenvalue weighted by Gasteiger charge is 2.32. The molecule has 1 atom stereocenters. The lowest BCUT2D eigenvalue weighted by molar-refractivity contribution is 0.339. The fraction of sp³-hybridized carbons (Fsp3) is 0.765. The molecule has 0 amide bonds. The number of hydrogen-bond acceptors (Lipinski definition) is 3. The number of thioether (sulfide) groups is 1. The molecule has 0 aromatic heterocycles. The number of allylic oxidation sites excluding steroid dienone is 4. The SMILES string of the molecule is CC(C)CCN1C2=C(CCCC2)SC2=C1CC(S)CC2. The average Bonchev–Trinajstić information content (AvgIpc) is 2.43. The van der Waals surface area contributed by atoms with Crippen LogP contribution in [0.5, 0.6) is 0 Å². The molecule has 0 bridgehead atoms. The summed E-state index contributed by atoms with van der Waals surface area (Å²) in [5, 5.41) is 0.571. The van der Waals surface area contributed by atoms with E-state index in [-0.39, 0.29) is 0 Å². The second kappa shape index (κ2) is 6.39. The molecule has 1 aliphatic heterocycles. The fourth-order valence-electron chi connectivity index (χ4n) is 3.48. The minimum absolute atomic E-state index is 0.571. The van der Waals surface area contributed by atoms with Crippen LogP contribution in [0.15, 0.2) is 21.2 Å². The zero-order valence-corrected chi connectivity index (χ0v) is 14.5. The molecule has 0 fully saturated rings. The Morgan fingerprint density at radius 3 is 2.70 bits per heavy atom. The Labute approximate surface area is 133 Å². The quantitative estimate of drug-likeness (QED) is 0.680. The van der Waals surface area contributed by atoms with Gasteiger partial charge in [0.2, 0.25) is 0 Å². The molecule has 112 valence electrons. The van der Waals surface area contributed by atoms with E-state index in [1.807, 2.05) is 0 Å². The van der Waals surface area contributed by atoms with Gasteiger partial charge in [0.15, 0.2) is 0 Å². The van der Waals surface area contributed by atoms with E-state index in [2.05, 4.69) is 30.5 Å². The van der Waals surface area contributed by atoms with E-state index in [1.165, 1.54) is 57.9 Å². The molecule has 3 rings (SSSR count). The van der Waals surface area contributed by atoms with E-state index < -0.39 is 0 Å². The van der Waals surface area contributed by atoms with Gasteiger partial charge in [-0.2, -0.15) is 12.6 Å². The van der Waals surface area contributed by atoms with Crippen LogP contribution in [0.2, 0.25) is 0 Å². The molecule has 20 heavy (non-hydrogen) atoms. The van der Waals surface area contributed by atoms with Gasteiger partial charge in [-0.15, -0.1) is 0 Å². The summed E-state index contributed by atoms with van der Waals surface area (Å²) in [5.74, 6) is 0.789. The molecular weight excluding hydrogens is 282 g/mol. The number of thiol groups is 1. The number of nitrogens with zero attached hydrogens (tertiary/aromatic N) is 1. The summed E-state index contributed by atoms with van der Waals surface area (Å²) < 4.78 is 0. The largest absolute Gasteiger partial charge is 0.347 e. The highest BCUT2D eigenvalue weighted by atomic mass is 32.2. The third kappa shape index (κ3) is 3.09. The Kier molecular flexibility index (Phi) is 4.76. The molecule has 0 aromatic rings. The van der Waals surface area contributed by atoms with Gasteiger partial charge in [0, 0.05) is 39.4 Å². The van der Waals surface area contributed by atoms with E-state index in [0.29, 0.717) is 5.25 Å². The van der Waals surface area contributed by atoms with Gasteiger partial charge < -0.3 is 4.90 Å². The minimum atomic E-state index is 0.571. The molecular formula is C17H27NS2. The van der Waals surface area contributed by atoms with Crippen LogP contribution < -0.4 is 0 Å². The Morgan fingerprint density at radius 2 is 1.90 bits per heavy atom. The fourth-order valence-corrected chi connectivity index (χ4v) is 5.18. The summed E-state index contributed by atoms with van der Waals surface area (Å²) >= 11 is 6.88. The van der Waals surface area contributed by atoms with Crippen LogP contribution in [0.4, 0.5) is 0 Å². The summed E-state index contributed by atoms with van der Waals surface area (Å²) in [7, 11) is 0.